The molecule has 0 fully saturated rings. The highest BCUT2D eigenvalue weighted by atomic mass is 16.6. The quantitative estimate of drug-likeness (QED) is 0.505. The molecule has 0 saturated carbocycles. The molecule has 1 aliphatic heterocycles. The zero-order valence-electron chi connectivity index (χ0n) is 17.4. The molecule has 164 valence electrons. The third-order valence-electron chi connectivity index (χ3n) is 4.27. The first-order valence-electron chi connectivity index (χ1n) is 9.38. The molecule has 2 aromatic carbocycles. The molecule has 9 nitrogen and oxygen atoms in total. The Morgan fingerprint density at radius 2 is 1.65 bits per heavy atom. The summed E-state index contributed by atoms with van der Waals surface area (Å²) in [6.07, 6.45) is 2.73. The highest BCUT2D eigenvalue weighted by Gasteiger charge is 2.14. The van der Waals surface area contributed by atoms with Crippen molar-refractivity contribution in [2.24, 2.45) is 0 Å². The van der Waals surface area contributed by atoms with Crippen molar-refractivity contribution in [1.29, 1.82) is 0 Å². The molecule has 0 aliphatic carbocycles. The minimum absolute atomic E-state index is 0.438. The van der Waals surface area contributed by atoms with Crippen LogP contribution in [0.15, 0.2) is 36.4 Å². The molecule has 1 amide bonds. The van der Waals surface area contributed by atoms with Gasteiger partial charge in [-0.05, 0) is 35.9 Å². The van der Waals surface area contributed by atoms with Gasteiger partial charge in [-0.15, -0.1) is 0 Å². The number of methoxy groups -OCH3 is 3. The van der Waals surface area contributed by atoms with Crippen molar-refractivity contribution in [1.82, 2.24) is 0 Å². The molecule has 0 spiro atoms. The molecule has 0 bridgehead atoms. The maximum absolute atomic E-state index is 12.1. The van der Waals surface area contributed by atoms with Crippen LogP contribution < -0.4 is 29.0 Å². The smallest absolute Gasteiger partial charge is 0.331 e. The Morgan fingerprint density at radius 1 is 0.968 bits per heavy atom. The van der Waals surface area contributed by atoms with Crippen molar-refractivity contribution in [3.63, 3.8) is 0 Å². The van der Waals surface area contributed by atoms with E-state index >= 15 is 0 Å². The predicted molar refractivity (Wildman–Crippen MR) is 112 cm³/mol. The van der Waals surface area contributed by atoms with E-state index in [0.717, 1.165) is 0 Å². The maximum atomic E-state index is 12.1. The Hall–Kier alpha value is -3.88. The second-order valence-corrected chi connectivity index (χ2v) is 6.31. The minimum Gasteiger partial charge on any atom is -0.493 e. The van der Waals surface area contributed by atoms with Gasteiger partial charge in [-0.1, -0.05) is 0 Å². The van der Waals surface area contributed by atoms with E-state index in [-0.39, 0.29) is 0 Å². The number of hydrogen-bond donors (Lipinski definition) is 1. The van der Waals surface area contributed by atoms with Gasteiger partial charge in [-0.2, -0.15) is 0 Å². The third-order valence-corrected chi connectivity index (χ3v) is 4.27. The lowest BCUT2D eigenvalue weighted by molar-refractivity contribution is -0.142. The van der Waals surface area contributed by atoms with Crippen LogP contribution in [0.1, 0.15) is 5.56 Å². The van der Waals surface area contributed by atoms with Crippen molar-refractivity contribution in [2.45, 2.75) is 0 Å². The van der Waals surface area contributed by atoms with E-state index in [1.165, 1.54) is 33.5 Å². The zero-order chi connectivity index (χ0) is 22.2. The monoisotopic (exact) mass is 429 g/mol. The third kappa shape index (κ3) is 5.59. The van der Waals surface area contributed by atoms with E-state index in [4.69, 9.17) is 28.4 Å². The van der Waals surface area contributed by atoms with E-state index in [0.29, 0.717) is 53.2 Å². The van der Waals surface area contributed by atoms with Gasteiger partial charge in [0.15, 0.2) is 29.6 Å². The Morgan fingerprint density at radius 3 is 2.29 bits per heavy atom. The summed E-state index contributed by atoms with van der Waals surface area (Å²) in [6, 6.07) is 8.39. The number of nitrogens with one attached hydrogen (secondary N) is 1. The van der Waals surface area contributed by atoms with Crippen LogP contribution in [0.2, 0.25) is 0 Å². The first-order chi connectivity index (χ1) is 15.0. The molecule has 0 radical (unpaired) electrons. The number of esters is 1. The highest BCUT2D eigenvalue weighted by Crippen LogP contribution is 2.38. The summed E-state index contributed by atoms with van der Waals surface area (Å²) in [5, 5.41) is 2.64. The van der Waals surface area contributed by atoms with Crippen molar-refractivity contribution < 1.29 is 38.0 Å². The lowest BCUT2D eigenvalue weighted by atomic mass is 10.1. The van der Waals surface area contributed by atoms with Crippen molar-refractivity contribution in [3.8, 4) is 28.7 Å². The summed E-state index contributed by atoms with van der Waals surface area (Å²) in [7, 11) is 4.50. The van der Waals surface area contributed by atoms with E-state index < -0.39 is 18.5 Å². The number of ether oxygens (including phenoxy) is 6. The fourth-order valence-electron chi connectivity index (χ4n) is 2.86. The molecule has 2 aromatic rings. The summed E-state index contributed by atoms with van der Waals surface area (Å²) < 4.78 is 31.7. The van der Waals surface area contributed by atoms with Crippen LogP contribution in [0.5, 0.6) is 28.7 Å². The average molecular weight is 429 g/mol. The molecule has 31 heavy (non-hydrogen) atoms. The molecule has 1 heterocycles. The first-order valence-corrected chi connectivity index (χ1v) is 9.38. The molecule has 1 N–H and O–H groups in total. The number of anilines is 1. The fourth-order valence-corrected chi connectivity index (χ4v) is 2.86. The van der Waals surface area contributed by atoms with E-state index in [1.54, 1.807) is 30.3 Å². The van der Waals surface area contributed by atoms with Gasteiger partial charge in [0.1, 0.15) is 13.2 Å². The first kappa shape index (κ1) is 21.8. The number of benzene rings is 2. The Kier molecular flexibility index (Phi) is 7.21. The number of carbonyl (C=O) groups excluding carboxylic acids is 2. The van der Waals surface area contributed by atoms with Gasteiger partial charge < -0.3 is 33.7 Å². The van der Waals surface area contributed by atoms with Gasteiger partial charge in [0.25, 0.3) is 5.91 Å². The van der Waals surface area contributed by atoms with Gasteiger partial charge in [0.2, 0.25) is 5.75 Å². The van der Waals surface area contributed by atoms with Gasteiger partial charge in [-0.25, -0.2) is 4.79 Å². The SMILES string of the molecule is COc1cc(C=CC(=O)OCC(=O)Nc2ccc3c(c2)OCCO3)cc(OC)c1OC. The van der Waals surface area contributed by atoms with Crippen molar-refractivity contribution in [3.05, 3.63) is 42.0 Å². The molecule has 0 unspecified atom stereocenters. The number of rotatable bonds is 8. The van der Waals surface area contributed by atoms with Crippen molar-refractivity contribution in [2.75, 3.05) is 46.5 Å². The molecule has 0 aromatic heterocycles. The van der Waals surface area contributed by atoms with Crippen LogP contribution in [-0.4, -0.2) is 53.0 Å². The molecule has 1 aliphatic rings. The van der Waals surface area contributed by atoms with Gasteiger partial charge >= 0.3 is 5.97 Å². The number of fused-ring (bicyclic) bond motifs is 1. The largest absolute Gasteiger partial charge is 0.493 e. The number of amides is 1. The van der Waals surface area contributed by atoms with Crippen molar-refractivity contribution >= 4 is 23.6 Å². The van der Waals surface area contributed by atoms with Crippen LogP contribution in [0.3, 0.4) is 0 Å². The lowest BCUT2D eigenvalue weighted by Crippen LogP contribution is -2.20. The maximum Gasteiger partial charge on any atom is 0.331 e. The Balaban J connectivity index is 1.55. The summed E-state index contributed by atoms with van der Waals surface area (Å²) in [5.41, 5.74) is 1.14. The van der Waals surface area contributed by atoms with E-state index in [2.05, 4.69) is 5.32 Å². The molecular weight excluding hydrogens is 406 g/mol. The van der Waals surface area contributed by atoms with Gasteiger partial charge in [0, 0.05) is 17.8 Å². The molecule has 0 saturated heterocycles. The lowest BCUT2D eigenvalue weighted by Gasteiger charge is -2.18. The molecule has 9 heteroatoms. The fraction of sp³-hybridized carbons (Fsp3) is 0.273. The summed E-state index contributed by atoms with van der Waals surface area (Å²) in [4.78, 5) is 24.0. The number of hydrogen-bond acceptors (Lipinski definition) is 8. The van der Waals surface area contributed by atoms with Crippen LogP contribution >= 0.6 is 0 Å². The summed E-state index contributed by atoms with van der Waals surface area (Å²) in [6.45, 7) is 0.491. The minimum atomic E-state index is -0.675. The van der Waals surface area contributed by atoms with Crippen LogP contribution in [0.25, 0.3) is 6.08 Å². The summed E-state index contributed by atoms with van der Waals surface area (Å²) >= 11 is 0. The van der Waals surface area contributed by atoms with Crippen LogP contribution in [-0.2, 0) is 14.3 Å². The standard InChI is InChI=1S/C22H23NO8/c1-26-18-10-14(11-19(27-2)22(18)28-3)4-7-21(25)31-13-20(24)23-15-5-6-16-17(12-15)30-9-8-29-16/h4-7,10-12H,8-9,13H2,1-3H3,(H,23,24). The van der Waals surface area contributed by atoms with Crippen LogP contribution in [0, 0.1) is 0 Å². The van der Waals surface area contributed by atoms with Gasteiger partial charge in [-0.3, -0.25) is 4.79 Å². The molecular formula is C22H23NO8. The average Bonchev–Trinajstić information content (AvgIpc) is 2.80. The second-order valence-electron chi connectivity index (χ2n) is 6.31. The normalized spacial score (nSPS) is 12.2. The van der Waals surface area contributed by atoms with E-state index in [1.807, 2.05) is 0 Å². The summed E-state index contributed by atoms with van der Waals surface area (Å²) in [5.74, 6) is 1.36. The Bertz CT molecular complexity index is 960. The Labute approximate surface area is 179 Å². The van der Waals surface area contributed by atoms with Gasteiger partial charge in [0.05, 0.1) is 21.3 Å². The zero-order valence-corrected chi connectivity index (χ0v) is 17.4. The molecule has 3 rings (SSSR count). The van der Waals surface area contributed by atoms with Crippen LogP contribution in [0.4, 0.5) is 5.69 Å². The highest BCUT2D eigenvalue weighted by molar-refractivity contribution is 5.95. The predicted octanol–water partition coefficient (Wildman–Crippen LogP) is 2.68. The number of carbonyl (C=O) groups is 2. The molecule has 0 atom stereocenters. The topological polar surface area (TPSA) is 102 Å². The second kappa shape index (κ2) is 10.2. The van der Waals surface area contributed by atoms with E-state index in [9.17, 15) is 9.59 Å².